The van der Waals surface area contributed by atoms with E-state index in [4.69, 9.17) is 33.2 Å². The van der Waals surface area contributed by atoms with Gasteiger partial charge in [0.1, 0.15) is 25.9 Å². The summed E-state index contributed by atoms with van der Waals surface area (Å²) in [6, 6.07) is 5.47. The van der Waals surface area contributed by atoms with Crippen LogP contribution in [0.15, 0.2) is 60.7 Å². The molecule has 1 rings (SSSR count). The van der Waals surface area contributed by atoms with Crippen LogP contribution in [0.1, 0.15) is 41.5 Å². The molecule has 0 saturated heterocycles. The van der Waals surface area contributed by atoms with Crippen molar-refractivity contribution in [2.24, 2.45) is 0 Å². The Morgan fingerprint density at radius 2 is 1.12 bits per heavy atom. The van der Waals surface area contributed by atoms with Gasteiger partial charge >= 0.3 is 29.8 Å². The van der Waals surface area contributed by atoms with Gasteiger partial charge in [-0.05, 0) is 32.9 Å². The predicted molar refractivity (Wildman–Crippen MR) is 151 cm³/mol. The second-order valence-corrected chi connectivity index (χ2v) is 9.19. The number of carbonyl (C=O) groups is 5. The largest absolute Gasteiger partial charge is 0.478 e. The van der Waals surface area contributed by atoms with Crippen LogP contribution in [0, 0.1) is 0 Å². The maximum atomic E-state index is 12.9. The fraction of sp³-hybridized carbons (Fsp3) is 0.433. The fourth-order valence-corrected chi connectivity index (χ4v) is 2.92. The molecule has 1 N–H and O–H groups in total. The van der Waals surface area contributed by atoms with E-state index in [1.54, 1.807) is 0 Å². The zero-order valence-corrected chi connectivity index (χ0v) is 24.6. The third-order valence-electron chi connectivity index (χ3n) is 5.14. The van der Waals surface area contributed by atoms with Crippen molar-refractivity contribution in [1.82, 2.24) is 0 Å². The first-order valence-electron chi connectivity index (χ1n) is 13.1. The molecule has 236 valence electrons. The van der Waals surface area contributed by atoms with E-state index in [0.29, 0.717) is 0 Å². The lowest BCUT2D eigenvalue weighted by Crippen LogP contribution is -2.35. The summed E-state index contributed by atoms with van der Waals surface area (Å²) in [7, 11) is 0. The van der Waals surface area contributed by atoms with Crippen LogP contribution in [0.5, 0.6) is 0 Å². The summed E-state index contributed by atoms with van der Waals surface area (Å²) in [5, 5.41) is 9.42. The molecule has 0 amide bonds. The summed E-state index contributed by atoms with van der Waals surface area (Å²) in [4.78, 5) is 59.4. The highest BCUT2D eigenvalue weighted by molar-refractivity contribution is 6.02. The molecule has 1 aromatic rings. The zero-order valence-electron chi connectivity index (χ0n) is 24.6. The first-order chi connectivity index (χ1) is 20.3. The molecule has 0 aliphatic carbocycles. The van der Waals surface area contributed by atoms with E-state index in [0.717, 1.165) is 0 Å². The molecule has 1 unspecified atom stereocenters. The number of aromatic carboxylic acids is 1. The molecule has 0 spiro atoms. The Bertz CT molecular complexity index is 1130. The second-order valence-electron chi connectivity index (χ2n) is 9.19. The van der Waals surface area contributed by atoms with E-state index in [9.17, 15) is 29.1 Å². The summed E-state index contributed by atoms with van der Waals surface area (Å²) in [5.74, 6) is -4.17. The standard InChI is InChI=1S/C30H38O13/c1-19(2)27(33)39-13-11-37-15-22(16-38-12-14-40-28(34)20(3)4)41-17-23(18-42-29(35)21(5)6)43-30(36)25-10-8-7-9-24(25)26(31)32/h7-10,22-23H,1,3,5,11-18H2,2,4,6H3,(H,31,32). The number of ether oxygens (including phenoxy) is 7. The minimum atomic E-state index is -1.33. The van der Waals surface area contributed by atoms with Gasteiger partial charge in [0, 0.05) is 16.7 Å². The van der Waals surface area contributed by atoms with Gasteiger partial charge in [0.15, 0.2) is 6.10 Å². The van der Waals surface area contributed by atoms with Crippen LogP contribution in [-0.4, -0.2) is 100 Å². The minimum Gasteiger partial charge on any atom is -0.478 e. The highest BCUT2D eigenvalue weighted by Gasteiger charge is 2.24. The predicted octanol–water partition coefficient (Wildman–Crippen LogP) is 2.69. The highest BCUT2D eigenvalue weighted by Crippen LogP contribution is 2.13. The molecule has 1 aromatic carbocycles. The van der Waals surface area contributed by atoms with Gasteiger partial charge in [0.2, 0.25) is 0 Å². The van der Waals surface area contributed by atoms with E-state index >= 15 is 0 Å². The number of carbonyl (C=O) groups excluding carboxylic acids is 4. The molecule has 0 aliphatic heterocycles. The van der Waals surface area contributed by atoms with E-state index in [1.165, 1.54) is 45.0 Å². The lowest BCUT2D eigenvalue weighted by Gasteiger charge is -2.23. The number of benzene rings is 1. The molecule has 0 radical (unpaired) electrons. The van der Waals surface area contributed by atoms with Gasteiger partial charge in [0.05, 0.1) is 44.2 Å². The van der Waals surface area contributed by atoms with Gasteiger partial charge < -0.3 is 38.3 Å². The number of carboxylic acids is 1. The number of rotatable bonds is 21. The normalized spacial score (nSPS) is 11.3. The maximum absolute atomic E-state index is 12.9. The molecule has 1 atom stereocenters. The maximum Gasteiger partial charge on any atom is 0.339 e. The van der Waals surface area contributed by atoms with Crippen molar-refractivity contribution in [3.05, 3.63) is 71.8 Å². The smallest absolute Gasteiger partial charge is 0.339 e. The van der Waals surface area contributed by atoms with Crippen LogP contribution < -0.4 is 0 Å². The second kappa shape index (κ2) is 19.7. The van der Waals surface area contributed by atoms with Gasteiger partial charge in [-0.2, -0.15) is 0 Å². The number of esters is 4. The molecule has 0 aliphatic rings. The summed E-state index contributed by atoms with van der Waals surface area (Å²) >= 11 is 0. The average Bonchev–Trinajstić information content (AvgIpc) is 2.96. The summed E-state index contributed by atoms with van der Waals surface area (Å²) in [5.41, 5.74) is 0.108. The highest BCUT2D eigenvalue weighted by atomic mass is 16.6. The Balaban J connectivity index is 2.89. The Labute approximate surface area is 250 Å². The van der Waals surface area contributed by atoms with Crippen LogP contribution in [0.4, 0.5) is 0 Å². The fourth-order valence-electron chi connectivity index (χ4n) is 2.92. The van der Waals surface area contributed by atoms with Crippen molar-refractivity contribution >= 4 is 29.8 Å². The Kier molecular flexibility index (Phi) is 16.8. The molecule has 13 heteroatoms. The van der Waals surface area contributed by atoms with E-state index in [2.05, 4.69) is 19.7 Å². The molecule has 0 saturated carbocycles. The van der Waals surface area contributed by atoms with Crippen molar-refractivity contribution < 1.29 is 62.2 Å². The molecule has 0 fully saturated rings. The van der Waals surface area contributed by atoms with Crippen LogP contribution in [0.25, 0.3) is 0 Å². The molecule has 13 nitrogen and oxygen atoms in total. The average molecular weight is 607 g/mol. The van der Waals surface area contributed by atoms with Gasteiger partial charge in [-0.1, -0.05) is 31.9 Å². The molecule has 43 heavy (non-hydrogen) atoms. The third kappa shape index (κ3) is 14.9. The summed E-state index contributed by atoms with van der Waals surface area (Å²) in [6.07, 6.45) is -1.92. The van der Waals surface area contributed by atoms with Crippen LogP contribution in [0.3, 0.4) is 0 Å². The van der Waals surface area contributed by atoms with Crippen molar-refractivity contribution in [3.8, 4) is 0 Å². The van der Waals surface area contributed by atoms with Crippen molar-refractivity contribution in [1.29, 1.82) is 0 Å². The Hall–Kier alpha value is -4.33. The zero-order chi connectivity index (χ0) is 32.4. The summed E-state index contributed by atoms with van der Waals surface area (Å²) in [6.45, 7) is 14.1. The minimum absolute atomic E-state index is 0.0235. The molecule has 0 aromatic heterocycles. The summed E-state index contributed by atoms with van der Waals surface area (Å²) < 4.78 is 37.4. The monoisotopic (exact) mass is 606 g/mol. The van der Waals surface area contributed by atoms with Gasteiger partial charge in [-0.25, -0.2) is 24.0 Å². The lowest BCUT2D eigenvalue weighted by molar-refractivity contribution is -0.146. The van der Waals surface area contributed by atoms with Gasteiger partial charge in [-0.15, -0.1) is 0 Å². The first-order valence-corrected chi connectivity index (χ1v) is 13.1. The van der Waals surface area contributed by atoms with Crippen molar-refractivity contribution in [2.45, 2.75) is 33.0 Å². The Morgan fingerprint density at radius 3 is 1.58 bits per heavy atom. The van der Waals surface area contributed by atoms with Crippen LogP contribution in [-0.2, 0) is 47.5 Å². The number of hydrogen-bond acceptors (Lipinski definition) is 12. The van der Waals surface area contributed by atoms with E-state index in [1.807, 2.05) is 0 Å². The topological polar surface area (TPSA) is 170 Å². The van der Waals surface area contributed by atoms with Crippen molar-refractivity contribution in [3.63, 3.8) is 0 Å². The molecule has 0 bridgehead atoms. The number of hydrogen-bond donors (Lipinski definition) is 1. The van der Waals surface area contributed by atoms with Crippen molar-refractivity contribution in [2.75, 3.05) is 52.9 Å². The third-order valence-corrected chi connectivity index (χ3v) is 5.14. The molecule has 0 heterocycles. The Morgan fingerprint density at radius 1 is 0.651 bits per heavy atom. The molecular weight excluding hydrogens is 568 g/mol. The first kappa shape index (κ1) is 36.7. The number of carboxylic acid groups (broad SMARTS) is 1. The quantitative estimate of drug-likeness (QED) is 0.0938. The van der Waals surface area contributed by atoms with E-state index in [-0.39, 0.29) is 74.1 Å². The van der Waals surface area contributed by atoms with Gasteiger partial charge in [-0.3, -0.25) is 0 Å². The van der Waals surface area contributed by atoms with E-state index < -0.39 is 48.7 Å². The lowest BCUT2D eigenvalue weighted by atomic mass is 10.1. The molecular formula is C30H38O13. The van der Waals surface area contributed by atoms with Crippen LogP contribution >= 0.6 is 0 Å². The van der Waals surface area contributed by atoms with Gasteiger partial charge in [0.25, 0.3) is 0 Å². The van der Waals surface area contributed by atoms with Crippen LogP contribution in [0.2, 0.25) is 0 Å². The SMILES string of the molecule is C=C(C)C(=O)OCCOCC(COCCOC(=O)C(=C)C)OCC(COC(=O)C(=C)C)OC(=O)c1ccccc1C(=O)O.